The number of carbonyl (C=O) groups excluding carboxylic acids is 2. The van der Waals surface area contributed by atoms with Gasteiger partial charge in [-0.1, -0.05) is 27.7 Å². The maximum Gasteiger partial charge on any atom is 0.233 e. The molecule has 0 bridgehead atoms. The van der Waals surface area contributed by atoms with Gasteiger partial charge in [0, 0.05) is 24.9 Å². The lowest BCUT2D eigenvalue weighted by Gasteiger charge is -2.09. The Balaban J connectivity index is 3.45. The summed E-state index contributed by atoms with van der Waals surface area (Å²) in [4.78, 5) is 22.5. The molecule has 0 aromatic carbocycles. The normalized spacial score (nSPS) is 10.9. The standard InChI is InChI=1S/C12H24N2O2/c1-9(2)11(15)6-5-7-13-12(16)8-14-10(3)4/h9-10,14H,5-8H2,1-4H3,(H,13,16). The van der Waals surface area contributed by atoms with E-state index in [0.29, 0.717) is 25.6 Å². The molecular weight excluding hydrogens is 204 g/mol. The Kier molecular flexibility index (Phi) is 7.81. The zero-order chi connectivity index (χ0) is 12.6. The third-order valence-electron chi connectivity index (χ3n) is 2.24. The molecule has 0 radical (unpaired) electrons. The monoisotopic (exact) mass is 228 g/mol. The van der Waals surface area contributed by atoms with Crippen LogP contribution in [0.3, 0.4) is 0 Å². The molecule has 4 heteroatoms. The van der Waals surface area contributed by atoms with Crippen molar-refractivity contribution in [2.24, 2.45) is 5.92 Å². The minimum atomic E-state index is -0.00861. The maximum atomic E-state index is 11.3. The molecule has 1 amide bonds. The molecule has 0 aromatic rings. The van der Waals surface area contributed by atoms with Gasteiger partial charge < -0.3 is 10.6 Å². The summed E-state index contributed by atoms with van der Waals surface area (Å²) in [5.74, 6) is 0.346. The Labute approximate surface area is 98.2 Å². The van der Waals surface area contributed by atoms with Crippen molar-refractivity contribution in [2.75, 3.05) is 13.1 Å². The van der Waals surface area contributed by atoms with E-state index in [1.807, 2.05) is 27.7 Å². The highest BCUT2D eigenvalue weighted by Gasteiger charge is 2.07. The van der Waals surface area contributed by atoms with Crippen molar-refractivity contribution in [2.45, 2.75) is 46.6 Å². The molecule has 0 saturated carbocycles. The Morgan fingerprint density at radius 2 is 1.75 bits per heavy atom. The zero-order valence-corrected chi connectivity index (χ0v) is 10.8. The van der Waals surface area contributed by atoms with Crippen molar-refractivity contribution in [1.82, 2.24) is 10.6 Å². The van der Waals surface area contributed by atoms with Gasteiger partial charge >= 0.3 is 0 Å². The van der Waals surface area contributed by atoms with Crippen LogP contribution >= 0.6 is 0 Å². The summed E-state index contributed by atoms with van der Waals surface area (Å²) in [6.45, 7) is 8.71. The molecule has 0 saturated heterocycles. The third kappa shape index (κ3) is 8.41. The molecule has 0 aromatic heterocycles. The lowest BCUT2D eigenvalue weighted by atomic mass is 10.1. The van der Waals surface area contributed by atoms with E-state index < -0.39 is 0 Å². The fourth-order valence-corrected chi connectivity index (χ4v) is 1.14. The van der Waals surface area contributed by atoms with Crippen LogP contribution in [-0.4, -0.2) is 30.8 Å². The Morgan fingerprint density at radius 3 is 2.25 bits per heavy atom. The molecule has 0 unspecified atom stereocenters. The lowest BCUT2D eigenvalue weighted by Crippen LogP contribution is -2.37. The van der Waals surface area contributed by atoms with Crippen LogP contribution in [-0.2, 0) is 9.59 Å². The second-order valence-electron chi connectivity index (χ2n) is 4.61. The third-order valence-corrected chi connectivity index (χ3v) is 2.24. The number of hydrogen-bond donors (Lipinski definition) is 2. The Hall–Kier alpha value is -0.900. The number of carbonyl (C=O) groups is 2. The van der Waals surface area contributed by atoms with E-state index in [1.165, 1.54) is 0 Å². The van der Waals surface area contributed by atoms with Crippen LogP contribution in [0.2, 0.25) is 0 Å². The summed E-state index contributed by atoms with van der Waals surface area (Å²) in [5, 5.41) is 5.81. The number of nitrogens with one attached hydrogen (secondary N) is 2. The number of hydrogen-bond acceptors (Lipinski definition) is 3. The van der Waals surface area contributed by atoms with Crippen LogP contribution in [0.25, 0.3) is 0 Å². The van der Waals surface area contributed by atoms with Gasteiger partial charge in [0.25, 0.3) is 0 Å². The van der Waals surface area contributed by atoms with Gasteiger partial charge in [-0.15, -0.1) is 0 Å². The molecule has 2 N–H and O–H groups in total. The van der Waals surface area contributed by atoms with Gasteiger partial charge in [-0.2, -0.15) is 0 Å². The van der Waals surface area contributed by atoms with Crippen molar-refractivity contribution < 1.29 is 9.59 Å². The molecular formula is C12H24N2O2. The van der Waals surface area contributed by atoms with E-state index >= 15 is 0 Å². The molecule has 16 heavy (non-hydrogen) atoms. The number of rotatable bonds is 8. The second-order valence-corrected chi connectivity index (χ2v) is 4.61. The van der Waals surface area contributed by atoms with E-state index in [0.717, 1.165) is 6.42 Å². The summed E-state index contributed by atoms with van der Waals surface area (Å²) in [6, 6.07) is 0.313. The molecule has 4 nitrogen and oxygen atoms in total. The highest BCUT2D eigenvalue weighted by molar-refractivity contribution is 5.80. The molecule has 0 aliphatic heterocycles. The average molecular weight is 228 g/mol. The molecule has 0 heterocycles. The van der Waals surface area contributed by atoms with E-state index in [2.05, 4.69) is 10.6 Å². The van der Waals surface area contributed by atoms with Crippen LogP contribution < -0.4 is 10.6 Å². The highest BCUT2D eigenvalue weighted by atomic mass is 16.2. The van der Waals surface area contributed by atoms with Gasteiger partial charge in [0.05, 0.1) is 6.54 Å². The van der Waals surface area contributed by atoms with E-state index in [4.69, 9.17) is 0 Å². The SMILES string of the molecule is CC(C)NCC(=O)NCCCC(=O)C(C)C. The Morgan fingerprint density at radius 1 is 1.12 bits per heavy atom. The van der Waals surface area contributed by atoms with Crippen molar-refractivity contribution in [3.8, 4) is 0 Å². The summed E-state index contributed by atoms with van der Waals surface area (Å²) in [6.07, 6.45) is 1.28. The summed E-state index contributed by atoms with van der Waals surface area (Å²) in [5.41, 5.74) is 0. The smallest absolute Gasteiger partial charge is 0.233 e. The maximum absolute atomic E-state index is 11.3. The fourth-order valence-electron chi connectivity index (χ4n) is 1.14. The van der Waals surface area contributed by atoms with Crippen LogP contribution in [0.5, 0.6) is 0 Å². The van der Waals surface area contributed by atoms with E-state index in [-0.39, 0.29) is 17.6 Å². The second kappa shape index (κ2) is 8.28. The minimum absolute atomic E-state index is 0.00861. The van der Waals surface area contributed by atoms with Crippen molar-refractivity contribution in [1.29, 1.82) is 0 Å². The van der Waals surface area contributed by atoms with Gasteiger partial charge in [0.1, 0.15) is 5.78 Å². The molecule has 0 rings (SSSR count). The number of Topliss-reactive ketones (excluding diaryl/α,β-unsaturated/α-hetero) is 1. The first-order chi connectivity index (χ1) is 7.43. The quantitative estimate of drug-likeness (QED) is 0.612. The molecule has 0 atom stereocenters. The first kappa shape index (κ1) is 15.1. The topological polar surface area (TPSA) is 58.2 Å². The van der Waals surface area contributed by atoms with Gasteiger partial charge in [-0.3, -0.25) is 9.59 Å². The van der Waals surface area contributed by atoms with E-state index in [1.54, 1.807) is 0 Å². The van der Waals surface area contributed by atoms with Crippen molar-refractivity contribution >= 4 is 11.7 Å². The zero-order valence-electron chi connectivity index (χ0n) is 10.8. The average Bonchev–Trinajstić information content (AvgIpc) is 2.20. The number of ketones is 1. The van der Waals surface area contributed by atoms with Crippen molar-refractivity contribution in [3.63, 3.8) is 0 Å². The van der Waals surface area contributed by atoms with Crippen molar-refractivity contribution in [3.05, 3.63) is 0 Å². The largest absolute Gasteiger partial charge is 0.355 e. The predicted molar refractivity (Wildman–Crippen MR) is 65.2 cm³/mol. The molecule has 0 aliphatic rings. The van der Waals surface area contributed by atoms with E-state index in [9.17, 15) is 9.59 Å². The Bertz CT molecular complexity index is 225. The van der Waals surface area contributed by atoms with Gasteiger partial charge in [-0.05, 0) is 6.42 Å². The summed E-state index contributed by atoms with van der Waals surface area (Å²) in [7, 11) is 0. The van der Waals surface area contributed by atoms with Gasteiger partial charge in [0.2, 0.25) is 5.91 Å². The molecule has 0 spiro atoms. The van der Waals surface area contributed by atoms with Crippen LogP contribution in [0, 0.1) is 5.92 Å². The summed E-state index contributed by atoms with van der Waals surface area (Å²) >= 11 is 0. The first-order valence-electron chi connectivity index (χ1n) is 5.96. The number of amides is 1. The molecule has 0 aliphatic carbocycles. The van der Waals surface area contributed by atoms with Gasteiger partial charge in [-0.25, -0.2) is 0 Å². The molecule has 0 fully saturated rings. The lowest BCUT2D eigenvalue weighted by molar-refractivity contribution is -0.123. The fraction of sp³-hybridized carbons (Fsp3) is 0.833. The minimum Gasteiger partial charge on any atom is -0.355 e. The molecule has 94 valence electrons. The first-order valence-corrected chi connectivity index (χ1v) is 5.96. The highest BCUT2D eigenvalue weighted by Crippen LogP contribution is 2.00. The van der Waals surface area contributed by atoms with Crippen LogP contribution in [0.15, 0.2) is 0 Å². The van der Waals surface area contributed by atoms with Crippen LogP contribution in [0.1, 0.15) is 40.5 Å². The van der Waals surface area contributed by atoms with Crippen LogP contribution in [0.4, 0.5) is 0 Å². The summed E-state index contributed by atoms with van der Waals surface area (Å²) < 4.78 is 0. The predicted octanol–water partition coefficient (Wildman–Crippen LogP) is 1.11. The van der Waals surface area contributed by atoms with Gasteiger partial charge in [0.15, 0.2) is 0 Å².